The fourth-order valence-corrected chi connectivity index (χ4v) is 3.54. The van der Waals surface area contributed by atoms with Gasteiger partial charge in [-0.25, -0.2) is 0 Å². The van der Waals surface area contributed by atoms with Gasteiger partial charge in [-0.2, -0.15) is 0 Å². The number of amides is 2. The van der Waals surface area contributed by atoms with Crippen molar-refractivity contribution >= 4 is 17.8 Å². The number of piperidine rings is 1. The maximum absolute atomic E-state index is 12.1. The van der Waals surface area contributed by atoms with Crippen LogP contribution in [0.2, 0.25) is 0 Å². The van der Waals surface area contributed by atoms with Crippen LogP contribution in [0.1, 0.15) is 42.1 Å². The Morgan fingerprint density at radius 3 is 2.82 bits per heavy atom. The highest BCUT2D eigenvalue weighted by atomic mass is 16.2. The second kappa shape index (κ2) is 10.7. The van der Waals surface area contributed by atoms with Crippen LogP contribution in [0, 0.1) is 5.92 Å². The zero-order chi connectivity index (χ0) is 20.5. The molecule has 1 aliphatic rings. The first-order valence-electron chi connectivity index (χ1n) is 10.0. The van der Waals surface area contributed by atoms with Crippen LogP contribution in [0.15, 0.2) is 29.3 Å². The molecular weight excluding hydrogens is 354 g/mol. The molecule has 1 aliphatic heterocycles. The van der Waals surface area contributed by atoms with Gasteiger partial charge in [0.1, 0.15) is 0 Å². The second-order valence-corrected chi connectivity index (χ2v) is 7.51. The van der Waals surface area contributed by atoms with Gasteiger partial charge >= 0.3 is 0 Å². The van der Waals surface area contributed by atoms with Crippen LogP contribution < -0.4 is 11.1 Å². The number of benzene rings is 1. The Hall–Kier alpha value is -2.57. The van der Waals surface area contributed by atoms with E-state index < -0.39 is 0 Å². The molecule has 0 bridgehead atoms. The zero-order valence-electron chi connectivity index (χ0n) is 17.3. The summed E-state index contributed by atoms with van der Waals surface area (Å²) in [6.45, 7) is 5.23. The van der Waals surface area contributed by atoms with Gasteiger partial charge < -0.3 is 20.9 Å². The van der Waals surface area contributed by atoms with Crippen molar-refractivity contribution < 1.29 is 9.59 Å². The number of rotatable bonds is 7. The highest BCUT2D eigenvalue weighted by molar-refractivity contribution is 5.94. The summed E-state index contributed by atoms with van der Waals surface area (Å²) in [7, 11) is 3.51. The lowest BCUT2D eigenvalue weighted by Crippen LogP contribution is -2.47. The number of hydrogen-bond donors (Lipinski definition) is 2. The number of aliphatic imine (C=N–C) groups is 1. The molecule has 3 N–H and O–H groups in total. The molecule has 0 aliphatic carbocycles. The molecule has 1 atom stereocenters. The van der Waals surface area contributed by atoms with Crippen molar-refractivity contribution in [3.8, 4) is 0 Å². The third-order valence-electron chi connectivity index (χ3n) is 4.89. The molecule has 1 fully saturated rings. The number of likely N-dealkylation sites (tertiary alicyclic amines) is 1. The molecule has 154 valence electrons. The number of carbonyl (C=O) groups excluding carboxylic acids is 2. The maximum atomic E-state index is 12.1. The monoisotopic (exact) mass is 387 g/mol. The molecule has 7 heteroatoms. The first-order chi connectivity index (χ1) is 13.4. The number of carbonyl (C=O) groups is 2. The van der Waals surface area contributed by atoms with Gasteiger partial charge in [0, 0.05) is 52.3 Å². The van der Waals surface area contributed by atoms with E-state index >= 15 is 0 Å². The molecule has 7 nitrogen and oxygen atoms in total. The standard InChI is InChI=1S/C21H33N5O2/c1-4-23-21(26-12-6-8-17(15-26)14-19(22)27)24-11-10-16-7-5-9-18(13-16)20(28)25(2)3/h5,7,9,13,17H,4,6,8,10-12,14-15H2,1-3H3,(H2,22,27)(H,23,24). The first kappa shape index (κ1) is 21.7. The van der Waals surface area contributed by atoms with Crippen LogP contribution in [0.25, 0.3) is 0 Å². The topological polar surface area (TPSA) is 91.0 Å². The SMILES string of the molecule is CCNC(=NCCc1cccc(C(=O)N(C)C)c1)N1CCCC(CC(N)=O)C1. The molecule has 2 rings (SSSR count). The Labute approximate surface area is 168 Å². The van der Waals surface area contributed by atoms with Gasteiger partial charge in [-0.15, -0.1) is 0 Å². The van der Waals surface area contributed by atoms with Gasteiger partial charge in [0.2, 0.25) is 5.91 Å². The molecule has 2 amide bonds. The van der Waals surface area contributed by atoms with Crippen molar-refractivity contribution in [2.45, 2.75) is 32.6 Å². The zero-order valence-corrected chi connectivity index (χ0v) is 17.3. The van der Waals surface area contributed by atoms with Crippen molar-refractivity contribution in [2.75, 3.05) is 40.3 Å². The number of guanidine groups is 1. The summed E-state index contributed by atoms with van der Waals surface area (Å²) in [5.74, 6) is 0.953. The van der Waals surface area contributed by atoms with Gasteiger partial charge in [-0.05, 0) is 49.8 Å². The van der Waals surface area contributed by atoms with E-state index in [1.807, 2.05) is 24.3 Å². The van der Waals surface area contributed by atoms with Crippen LogP contribution in [0.4, 0.5) is 0 Å². The minimum Gasteiger partial charge on any atom is -0.370 e. The number of nitrogens with zero attached hydrogens (tertiary/aromatic N) is 3. The van der Waals surface area contributed by atoms with E-state index in [0.29, 0.717) is 24.4 Å². The fourth-order valence-electron chi connectivity index (χ4n) is 3.54. The van der Waals surface area contributed by atoms with Gasteiger partial charge in [0.25, 0.3) is 5.91 Å². The molecule has 0 saturated carbocycles. The minimum atomic E-state index is -0.235. The maximum Gasteiger partial charge on any atom is 0.253 e. The van der Waals surface area contributed by atoms with Crippen LogP contribution in [-0.4, -0.2) is 67.8 Å². The lowest BCUT2D eigenvalue weighted by Gasteiger charge is -2.34. The number of nitrogens with two attached hydrogens (primary N) is 1. The average molecular weight is 388 g/mol. The quantitative estimate of drug-likeness (QED) is 0.548. The summed E-state index contributed by atoms with van der Waals surface area (Å²) in [5, 5.41) is 3.36. The van der Waals surface area contributed by atoms with E-state index in [-0.39, 0.29) is 11.8 Å². The van der Waals surface area contributed by atoms with E-state index in [1.54, 1.807) is 19.0 Å². The summed E-state index contributed by atoms with van der Waals surface area (Å²) < 4.78 is 0. The fraction of sp³-hybridized carbons (Fsp3) is 0.571. The number of nitrogens with one attached hydrogen (secondary N) is 1. The van der Waals surface area contributed by atoms with Crippen molar-refractivity contribution in [1.29, 1.82) is 0 Å². The minimum absolute atomic E-state index is 0.00694. The molecular formula is C21H33N5O2. The third kappa shape index (κ3) is 6.55. The predicted octanol–water partition coefficient (Wildman–Crippen LogP) is 1.48. The van der Waals surface area contributed by atoms with Crippen LogP contribution >= 0.6 is 0 Å². The molecule has 0 spiro atoms. The van der Waals surface area contributed by atoms with Crippen LogP contribution in [-0.2, 0) is 11.2 Å². The lowest BCUT2D eigenvalue weighted by molar-refractivity contribution is -0.119. The van der Waals surface area contributed by atoms with E-state index in [4.69, 9.17) is 10.7 Å². The molecule has 1 aromatic rings. The highest BCUT2D eigenvalue weighted by Crippen LogP contribution is 2.19. The van der Waals surface area contributed by atoms with E-state index in [9.17, 15) is 9.59 Å². The summed E-state index contributed by atoms with van der Waals surface area (Å²) in [5.41, 5.74) is 7.16. The molecule has 1 unspecified atom stereocenters. The normalized spacial score (nSPS) is 17.3. The summed E-state index contributed by atoms with van der Waals surface area (Å²) in [6.07, 6.45) is 3.27. The first-order valence-corrected chi connectivity index (χ1v) is 10.0. The predicted molar refractivity (Wildman–Crippen MR) is 112 cm³/mol. The summed E-state index contributed by atoms with van der Waals surface area (Å²) in [4.78, 5) is 32.0. The highest BCUT2D eigenvalue weighted by Gasteiger charge is 2.23. The second-order valence-electron chi connectivity index (χ2n) is 7.51. The van der Waals surface area contributed by atoms with Gasteiger partial charge in [-0.1, -0.05) is 12.1 Å². The third-order valence-corrected chi connectivity index (χ3v) is 4.89. The van der Waals surface area contributed by atoms with Gasteiger partial charge in [0.05, 0.1) is 0 Å². The van der Waals surface area contributed by atoms with Gasteiger partial charge in [-0.3, -0.25) is 14.6 Å². The van der Waals surface area contributed by atoms with Crippen LogP contribution in [0.3, 0.4) is 0 Å². The molecule has 1 saturated heterocycles. The Kier molecular flexibility index (Phi) is 8.29. The molecule has 1 heterocycles. The largest absolute Gasteiger partial charge is 0.370 e. The smallest absolute Gasteiger partial charge is 0.253 e. The number of primary amides is 1. The van der Waals surface area contributed by atoms with E-state index in [1.165, 1.54) is 0 Å². The van der Waals surface area contributed by atoms with Crippen molar-refractivity contribution in [2.24, 2.45) is 16.6 Å². The van der Waals surface area contributed by atoms with E-state index in [2.05, 4.69) is 17.1 Å². The van der Waals surface area contributed by atoms with Crippen molar-refractivity contribution in [3.05, 3.63) is 35.4 Å². The van der Waals surface area contributed by atoms with Gasteiger partial charge in [0.15, 0.2) is 5.96 Å². The lowest BCUT2D eigenvalue weighted by atomic mass is 9.95. The Balaban J connectivity index is 2.00. The average Bonchev–Trinajstić information content (AvgIpc) is 2.66. The van der Waals surface area contributed by atoms with E-state index in [0.717, 1.165) is 50.4 Å². The Morgan fingerprint density at radius 2 is 2.14 bits per heavy atom. The molecule has 1 aromatic carbocycles. The number of hydrogen-bond acceptors (Lipinski definition) is 3. The summed E-state index contributed by atoms with van der Waals surface area (Å²) >= 11 is 0. The summed E-state index contributed by atoms with van der Waals surface area (Å²) in [6, 6.07) is 7.72. The molecule has 0 radical (unpaired) electrons. The van der Waals surface area contributed by atoms with Crippen molar-refractivity contribution in [3.63, 3.8) is 0 Å². The Morgan fingerprint density at radius 1 is 1.36 bits per heavy atom. The molecule has 0 aromatic heterocycles. The molecule has 28 heavy (non-hydrogen) atoms. The van der Waals surface area contributed by atoms with Crippen LogP contribution in [0.5, 0.6) is 0 Å². The Bertz CT molecular complexity index is 702. The van der Waals surface area contributed by atoms with Crippen molar-refractivity contribution in [1.82, 2.24) is 15.1 Å².